The Kier molecular flexibility index (Phi) is 5.99. The van der Waals surface area contributed by atoms with E-state index >= 15 is 0 Å². The Hall–Kier alpha value is -1.46. The minimum Gasteiger partial charge on any atom is -0.348 e. The molecule has 1 heterocycles. The van der Waals surface area contributed by atoms with Gasteiger partial charge in [-0.2, -0.15) is 0 Å². The van der Waals surface area contributed by atoms with Crippen molar-refractivity contribution in [3.63, 3.8) is 0 Å². The zero-order chi connectivity index (χ0) is 17.9. The van der Waals surface area contributed by atoms with Gasteiger partial charge in [0.05, 0.1) is 12.6 Å². The number of hydrogen-bond acceptors (Lipinski definition) is 3. The molecule has 0 bridgehead atoms. The maximum atomic E-state index is 13.1. The zero-order valence-corrected chi connectivity index (χ0v) is 15.2. The molecule has 1 saturated heterocycles. The highest BCUT2D eigenvalue weighted by molar-refractivity contribution is 5.78. The second kappa shape index (κ2) is 7.62. The van der Waals surface area contributed by atoms with Crippen molar-refractivity contribution in [2.24, 2.45) is 17.1 Å². The molecule has 2 rings (SSSR count). The van der Waals surface area contributed by atoms with Gasteiger partial charge in [0.15, 0.2) is 0 Å². The monoisotopic (exact) mass is 335 g/mol. The molecule has 2 unspecified atom stereocenters. The highest BCUT2D eigenvalue weighted by Crippen LogP contribution is 2.27. The van der Waals surface area contributed by atoms with E-state index in [1.54, 1.807) is 12.1 Å². The van der Waals surface area contributed by atoms with E-state index in [9.17, 15) is 9.18 Å². The van der Waals surface area contributed by atoms with Crippen LogP contribution in [-0.4, -0.2) is 36.5 Å². The van der Waals surface area contributed by atoms with E-state index in [4.69, 9.17) is 5.73 Å². The van der Waals surface area contributed by atoms with E-state index in [1.807, 2.05) is 0 Å². The van der Waals surface area contributed by atoms with E-state index in [0.29, 0.717) is 6.54 Å². The molecule has 1 aliphatic rings. The quantitative estimate of drug-likeness (QED) is 0.870. The third kappa shape index (κ3) is 4.77. The average molecular weight is 335 g/mol. The maximum Gasteiger partial charge on any atom is 0.234 e. The number of nitrogens with two attached hydrogens (primary N) is 1. The average Bonchev–Trinajstić information content (AvgIpc) is 2.49. The molecule has 1 amide bonds. The molecule has 4 nitrogen and oxygen atoms in total. The zero-order valence-electron chi connectivity index (χ0n) is 15.2. The van der Waals surface area contributed by atoms with Crippen LogP contribution < -0.4 is 11.1 Å². The summed E-state index contributed by atoms with van der Waals surface area (Å²) in [6, 6.07) is 6.42. The summed E-state index contributed by atoms with van der Waals surface area (Å²) in [6.07, 6.45) is 0.909. The fourth-order valence-electron chi connectivity index (χ4n) is 3.35. The number of nitrogens with one attached hydrogen (secondary N) is 1. The Morgan fingerprint density at radius 1 is 1.38 bits per heavy atom. The summed E-state index contributed by atoms with van der Waals surface area (Å²) in [4.78, 5) is 14.7. The Labute approximate surface area is 144 Å². The molecule has 1 aliphatic heterocycles. The van der Waals surface area contributed by atoms with Gasteiger partial charge in [-0.3, -0.25) is 9.69 Å². The molecule has 0 aromatic heterocycles. The first kappa shape index (κ1) is 18.9. The van der Waals surface area contributed by atoms with Crippen LogP contribution in [0.1, 0.15) is 45.7 Å². The van der Waals surface area contributed by atoms with Gasteiger partial charge in [-0.1, -0.05) is 39.8 Å². The van der Waals surface area contributed by atoms with Crippen LogP contribution in [0.3, 0.4) is 0 Å². The largest absolute Gasteiger partial charge is 0.348 e. The minimum atomic E-state index is -0.264. The predicted molar refractivity (Wildman–Crippen MR) is 94.9 cm³/mol. The lowest BCUT2D eigenvalue weighted by Crippen LogP contribution is -2.54. The van der Waals surface area contributed by atoms with Crippen LogP contribution in [-0.2, 0) is 4.79 Å². The molecule has 0 spiro atoms. The lowest BCUT2D eigenvalue weighted by molar-refractivity contribution is -0.124. The lowest BCUT2D eigenvalue weighted by Gasteiger charge is -2.42. The van der Waals surface area contributed by atoms with Crippen molar-refractivity contribution < 1.29 is 9.18 Å². The van der Waals surface area contributed by atoms with Crippen molar-refractivity contribution in [2.75, 3.05) is 19.6 Å². The summed E-state index contributed by atoms with van der Waals surface area (Å²) in [5, 5.41) is 3.10. The van der Waals surface area contributed by atoms with Crippen molar-refractivity contribution in [1.29, 1.82) is 0 Å². The van der Waals surface area contributed by atoms with Crippen LogP contribution in [0.15, 0.2) is 24.3 Å². The van der Waals surface area contributed by atoms with E-state index in [1.165, 1.54) is 12.1 Å². The van der Waals surface area contributed by atoms with Gasteiger partial charge in [0.25, 0.3) is 0 Å². The third-order valence-corrected chi connectivity index (χ3v) is 4.97. The van der Waals surface area contributed by atoms with E-state index in [-0.39, 0.29) is 35.1 Å². The molecular weight excluding hydrogens is 305 g/mol. The first-order chi connectivity index (χ1) is 11.2. The molecule has 24 heavy (non-hydrogen) atoms. The van der Waals surface area contributed by atoms with E-state index in [0.717, 1.165) is 25.1 Å². The molecule has 5 heteroatoms. The number of likely N-dealkylation sites (tertiary alicyclic amines) is 1. The van der Waals surface area contributed by atoms with Gasteiger partial charge in [0, 0.05) is 19.1 Å². The van der Waals surface area contributed by atoms with Crippen molar-refractivity contribution in [3.8, 4) is 0 Å². The van der Waals surface area contributed by atoms with Crippen molar-refractivity contribution >= 4 is 5.91 Å². The number of nitrogens with zero attached hydrogens (tertiary/aromatic N) is 1. The van der Waals surface area contributed by atoms with Crippen molar-refractivity contribution in [2.45, 2.75) is 46.2 Å². The normalized spacial score (nSPS) is 22.4. The summed E-state index contributed by atoms with van der Waals surface area (Å²) in [7, 11) is 0. The SMILES string of the molecule is CC(C)C(NC(=O)CN1CCC(N)C(C)(C)C1)c1ccc(F)cc1. The van der Waals surface area contributed by atoms with Gasteiger partial charge in [0.1, 0.15) is 5.82 Å². The third-order valence-electron chi connectivity index (χ3n) is 4.97. The molecule has 0 aliphatic carbocycles. The summed E-state index contributed by atoms with van der Waals surface area (Å²) in [5.41, 5.74) is 7.11. The topological polar surface area (TPSA) is 58.4 Å². The standard InChI is InChI=1S/C19H30FN3O/c1-13(2)18(14-5-7-15(20)8-6-14)22-17(24)11-23-10-9-16(21)19(3,4)12-23/h5-8,13,16,18H,9-12,21H2,1-4H3,(H,22,24). The first-order valence-corrected chi connectivity index (χ1v) is 8.72. The molecule has 1 aromatic carbocycles. The lowest BCUT2D eigenvalue weighted by atomic mass is 9.80. The molecule has 1 aromatic rings. The molecule has 134 valence electrons. The van der Waals surface area contributed by atoms with Crippen molar-refractivity contribution in [1.82, 2.24) is 10.2 Å². The van der Waals surface area contributed by atoms with Gasteiger partial charge in [0.2, 0.25) is 5.91 Å². The van der Waals surface area contributed by atoms with Crippen molar-refractivity contribution in [3.05, 3.63) is 35.6 Å². The highest BCUT2D eigenvalue weighted by Gasteiger charge is 2.34. The summed E-state index contributed by atoms with van der Waals surface area (Å²) >= 11 is 0. The van der Waals surface area contributed by atoms with Gasteiger partial charge >= 0.3 is 0 Å². The van der Waals surface area contributed by atoms with Crippen LogP contribution in [0.2, 0.25) is 0 Å². The summed E-state index contributed by atoms with van der Waals surface area (Å²) in [6.45, 7) is 10.5. The number of piperidine rings is 1. The van der Waals surface area contributed by atoms with Crippen LogP contribution in [0.25, 0.3) is 0 Å². The summed E-state index contributed by atoms with van der Waals surface area (Å²) in [5.74, 6) is -0.0330. The number of benzene rings is 1. The molecule has 0 radical (unpaired) electrons. The number of hydrogen-bond donors (Lipinski definition) is 2. The summed E-state index contributed by atoms with van der Waals surface area (Å²) < 4.78 is 13.1. The van der Waals surface area contributed by atoms with Gasteiger partial charge < -0.3 is 11.1 Å². The Balaban J connectivity index is 1.97. The number of carbonyl (C=O) groups excluding carboxylic acids is 1. The highest BCUT2D eigenvalue weighted by atomic mass is 19.1. The molecule has 1 fully saturated rings. The molecule has 2 atom stereocenters. The Morgan fingerprint density at radius 2 is 2.00 bits per heavy atom. The fraction of sp³-hybridized carbons (Fsp3) is 0.632. The second-order valence-corrected chi connectivity index (χ2v) is 7.94. The number of carbonyl (C=O) groups is 1. The van der Waals surface area contributed by atoms with Crippen LogP contribution in [0.5, 0.6) is 0 Å². The number of rotatable bonds is 5. The molecule has 0 saturated carbocycles. The number of halogens is 1. The Bertz CT molecular complexity index is 556. The Morgan fingerprint density at radius 3 is 2.54 bits per heavy atom. The minimum absolute atomic E-state index is 0.00398. The van der Waals surface area contributed by atoms with Crippen LogP contribution in [0.4, 0.5) is 4.39 Å². The van der Waals surface area contributed by atoms with Gasteiger partial charge in [-0.15, -0.1) is 0 Å². The van der Waals surface area contributed by atoms with Crippen LogP contribution in [0, 0.1) is 17.2 Å². The van der Waals surface area contributed by atoms with Gasteiger partial charge in [-0.05, 0) is 35.4 Å². The number of amides is 1. The van der Waals surface area contributed by atoms with Gasteiger partial charge in [-0.25, -0.2) is 4.39 Å². The molecular formula is C19H30FN3O. The smallest absolute Gasteiger partial charge is 0.234 e. The maximum absolute atomic E-state index is 13.1. The molecule has 3 N–H and O–H groups in total. The van der Waals surface area contributed by atoms with E-state index in [2.05, 4.69) is 37.9 Å². The fourth-order valence-corrected chi connectivity index (χ4v) is 3.35. The van der Waals surface area contributed by atoms with E-state index < -0.39 is 0 Å². The second-order valence-electron chi connectivity index (χ2n) is 7.94. The van der Waals surface area contributed by atoms with Crippen LogP contribution >= 0.6 is 0 Å². The predicted octanol–water partition coefficient (Wildman–Crippen LogP) is 2.70. The first-order valence-electron chi connectivity index (χ1n) is 8.72.